The molecule has 9 heteroatoms. The highest BCUT2D eigenvalue weighted by atomic mass is 28.4. The predicted octanol–water partition coefficient (Wildman–Crippen LogP) is 4.46. The van der Waals surface area contributed by atoms with E-state index in [0.717, 1.165) is 0 Å². The van der Waals surface area contributed by atoms with Gasteiger partial charge < -0.3 is 19.6 Å². The Morgan fingerprint density at radius 2 is 1.62 bits per heavy atom. The van der Waals surface area contributed by atoms with Crippen molar-refractivity contribution in [2.45, 2.75) is 83.9 Å². The van der Waals surface area contributed by atoms with Crippen LogP contribution in [-0.2, 0) is 9.16 Å². The average Bonchev–Trinajstić information content (AvgIpc) is 2.36. The molecule has 5 nitrogen and oxygen atoms in total. The Bertz CT molecular complexity index is 456. The van der Waals surface area contributed by atoms with Gasteiger partial charge in [0.25, 0.3) is 0 Å². The lowest BCUT2D eigenvalue weighted by Gasteiger charge is -2.37. The summed E-state index contributed by atoms with van der Waals surface area (Å²) in [6.45, 7) is 13.9. The number of alkyl halides is 3. The molecule has 0 aliphatic heterocycles. The van der Waals surface area contributed by atoms with Crippen LogP contribution in [0.4, 0.5) is 18.0 Å². The molecule has 0 fully saturated rings. The lowest BCUT2D eigenvalue weighted by Crippen LogP contribution is -2.48. The molecule has 0 heterocycles. The van der Waals surface area contributed by atoms with Gasteiger partial charge in [0.05, 0.1) is 25.2 Å². The lowest BCUT2D eigenvalue weighted by molar-refractivity contribution is -0.187. The Hall–Kier alpha value is -0.803. The number of hydrogen-bond donors (Lipinski definition) is 2. The Morgan fingerprint density at radius 3 is 1.96 bits per heavy atom. The molecule has 0 saturated heterocycles. The number of aliphatic hydroxyl groups excluding tert-OH is 1. The van der Waals surface area contributed by atoms with Crippen LogP contribution in [0.2, 0.25) is 18.1 Å². The minimum Gasteiger partial charge on any atom is -0.444 e. The van der Waals surface area contributed by atoms with Crippen LogP contribution in [0.25, 0.3) is 0 Å². The van der Waals surface area contributed by atoms with E-state index in [1.165, 1.54) is 0 Å². The van der Waals surface area contributed by atoms with Gasteiger partial charge in [-0.05, 0) is 45.3 Å². The molecule has 0 saturated carbocycles. The van der Waals surface area contributed by atoms with Crippen molar-refractivity contribution in [1.29, 1.82) is 0 Å². The molecule has 0 unspecified atom stereocenters. The van der Waals surface area contributed by atoms with Crippen LogP contribution in [0.5, 0.6) is 0 Å². The molecule has 0 radical (unpaired) electrons. The standard InChI is InChI=1S/C17H34F3NO4Si/c1-15(2,3)25-14(23)21-13(9-12(10-22)17(18,19)20)11-24-26(7,8)16(4,5)6/h12-13,22H,9-11H2,1-8H3,(H,21,23)/t12-,13+/m0/s1. The number of carbonyl (C=O) groups excluding carboxylic acids is 1. The van der Waals surface area contributed by atoms with E-state index in [0.29, 0.717) is 0 Å². The molecule has 0 spiro atoms. The fraction of sp³-hybridized carbons (Fsp3) is 0.941. The summed E-state index contributed by atoms with van der Waals surface area (Å²) in [6.07, 6.45) is -5.84. The summed E-state index contributed by atoms with van der Waals surface area (Å²) in [5.74, 6) is -1.94. The summed E-state index contributed by atoms with van der Waals surface area (Å²) >= 11 is 0. The van der Waals surface area contributed by atoms with Crippen LogP contribution in [-0.4, -0.2) is 50.6 Å². The molecule has 26 heavy (non-hydrogen) atoms. The number of carbonyl (C=O) groups is 1. The van der Waals surface area contributed by atoms with Gasteiger partial charge in [0, 0.05) is 0 Å². The third-order valence-corrected chi connectivity index (χ3v) is 8.93. The molecule has 0 aliphatic rings. The van der Waals surface area contributed by atoms with Crippen molar-refractivity contribution in [2.24, 2.45) is 5.92 Å². The zero-order valence-corrected chi connectivity index (χ0v) is 18.1. The summed E-state index contributed by atoms with van der Waals surface area (Å²) in [4.78, 5) is 12.0. The maximum absolute atomic E-state index is 13.0. The van der Waals surface area contributed by atoms with Crippen molar-refractivity contribution in [3.63, 3.8) is 0 Å². The largest absolute Gasteiger partial charge is 0.444 e. The molecule has 1 amide bonds. The van der Waals surface area contributed by atoms with E-state index < -0.39 is 51.2 Å². The first-order chi connectivity index (χ1) is 11.4. The Labute approximate surface area is 155 Å². The molecule has 0 bridgehead atoms. The van der Waals surface area contributed by atoms with Gasteiger partial charge in [-0.25, -0.2) is 4.79 Å². The molecular formula is C17H34F3NO4Si. The van der Waals surface area contributed by atoms with Crippen molar-refractivity contribution in [1.82, 2.24) is 5.32 Å². The van der Waals surface area contributed by atoms with E-state index >= 15 is 0 Å². The normalized spacial score (nSPS) is 16.2. The van der Waals surface area contributed by atoms with Gasteiger partial charge >= 0.3 is 12.3 Å². The minimum atomic E-state index is -4.56. The zero-order chi connectivity index (χ0) is 21.0. The minimum absolute atomic E-state index is 0.0671. The van der Waals surface area contributed by atoms with E-state index in [1.54, 1.807) is 20.8 Å². The van der Waals surface area contributed by atoms with Gasteiger partial charge in [-0.3, -0.25) is 0 Å². The SMILES string of the molecule is CC(C)(C)OC(=O)N[C@@H](CO[Si](C)(C)C(C)(C)C)C[C@@H](CO)C(F)(F)F. The Balaban J connectivity index is 5.19. The molecule has 0 aromatic carbocycles. The van der Waals surface area contributed by atoms with Crippen LogP contribution in [0.15, 0.2) is 0 Å². The van der Waals surface area contributed by atoms with E-state index in [4.69, 9.17) is 14.3 Å². The molecule has 0 aliphatic carbocycles. The molecule has 0 aromatic rings. The number of nitrogens with one attached hydrogen (secondary N) is 1. The van der Waals surface area contributed by atoms with Crippen LogP contribution < -0.4 is 5.32 Å². The predicted molar refractivity (Wildman–Crippen MR) is 97.6 cm³/mol. The smallest absolute Gasteiger partial charge is 0.407 e. The first kappa shape index (κ1) is 25.2. The average molecular weight is 402 g/mol. The summed E-state index contributed by atoms with van der Waals surface area (Å²) in [7, 11) is -2.21. The van der Waals surface area contributed by atoms with E-state index in [1.807, 2.05) is 33.9 Å². The second kappa shape index (κ2) is 8.92. The van der Waals surface area contributed by atoms with Crippen LogP contribution in [0.3, 0.4) is 0 Å². The summed E-state index contributed by atoms with van der Waals surface area (Å²) in [5, 5.41) is 11.4. The molecular weight excluding hydrogens is 367 g/mol. The fourth-order valence-electron chi connectivity index (χ4n) is 1.82. The second-order valence-corrected chi connectivity index (χ2v) is 13.9. The van der Waals surface area contributed by atoms with Crippen LogP contribution in [0.1, 0.15) is 48.0 Å². The van der Waals surface area contributed by atoms with Crippen molar-refractivity contribution in [2.75, 3.05) is 13.2 Å². The molecule has 2 atom stereocenters. The lowest BCUT2D eigenvalue weighted by atomic mass is 10.0. The molecule has 0 rings (SSSR count). The number of halogens is 3. The van der Waals surface area contributed by atoms with Gasteiger partial charge in [-0.15, -0.1) is 0 Å². The molecule has 156 valence electrons. The number of alkyl carbamates (subject to hydrolysis) is 1. The highest BCUT2D eigenvalue weighted by Crippen LogP contribution is 2.37. The molecule has 2 N–H and O–H groups in total. The van der Waals surface area contributed by atoms with Gasteiger partial charge in [0.2, 0.25) is 0 Å². The highest BCUT2D eigenvalue weighted by molar-refractivity contribution is 6.74. The third-order valence-electron chi connectivity index (χ3n) is 4.42. The van der Waals surface area contributed by atoms with Crippen molar-refractivity contribution >= 4 is 14.4 Å². The quantitative estimate of drug-likeness (QED) is 0.618. The number of ether oxygens (including phenoxy) is 1. The van der Waals surface area contributed by atoms with Gasteiger partial charge in [-0.2, -0.15) is 13.2 Å². The van der Waals surface area contributed by atoms with E-state index in [9.17, 15) is 18.0 Å². The maximum atomic E-state index is 13.0. The number of aliphatic hydroxyl groups is 1. The Morgan fingerprint density at radius 1 is 1.12 bits per heavy atom. The highest BCUT2D eigenvalue weighted by Gasteiger charge is 2.42. The van der Waals surface area contributed by atoms with E-state index in [2.05, 4.69) is 5.32 Å². The van der Waals surface area contributed by atoms with Crippen LogP contribution >= 0.6 is 0 Å². The van der Waals surface area contributed by atoms with Crippen LogP contribution in [0, 0.1) is 5.92 Å². The van der Waals surface area contributed by atoms with Crippen molar-refractivity contribution in [3.05, 3.63) is 0 Å². The Kier molecular flexibility index (Phi) is 8.65. The van der Waals surface area contributed by atoms with Gasteiger partial charge in [0.15, 0.2) is 8.32 Å². The summed E-state index contributed by atoms with van der Waals surface area (Å²) < 4.78 is 50.1. The summed E-state index contributed by atoms with van der Waals surface area (Å²) in [5.41, 5.74) is -0.769. The van der Waals surface area contributed by atoms with Gasteiger partial charge in [0.1, 0.15) is 5.60 Å². The number of rotatable bonds is 7. The number of hydrogen-bond acceptors (Lipinski definition) is 4. The topological polar surface area (TPSA) is 67.8 Å². The first-order valence-electron chi connectivity index (χ1n) is 8.70. The first-order valence-corrected chi connectivity index (χ1v) is 11.6. The second-order valence-electron chi connectivity index (χ2n) is 9.07. The zero-order valence-electron chi connectivity index (χ0n) is 17.1. The monoisotopic (exact) mass is 401 g/mol. The van der Waals surface area contributed by atoms with E-state index in [-0.39, 0.29) is 11.6 Å². The fourth-order valence-corrected chi connectivity index (χ4v) is 2.87. The maximum Gasteiger partial charge on any atom is 0.407 e. The number of amides is 1. The molecule has 0 aromatic heterocycles. The van der Waals surface area contributed by atoms with Gasteiger partial charge in [-0.1, -0.05) is 20.8 Å². The van der Waals surface area contributed by atoms with Crippen molar-refractivity contribution < 1.29 is 32.2 Å². The summed E-state index contributed by atoms with van der Waals surface area (Å²) in [6, 6.07) is -0.919. The van der Waals surface area contributed by atoms with Crippen molar-refractivity contribution in [3.8, 4) is 0 Å². The third kappa shape index (κ3) is 9.23.